The van der Waals surface area contributed by atoms with Crippen LogP contribution in [0, 0.1) is 0 Å². The zero-order valence-corrected chi connectivity index (χ0v) is 14.0. The number of hydrogen-bond acceptors (Lipinski definition) is 5. The summed E-state index contributed by atoms with van der Waals surface area (Å²) in [6.07, 6.45) is 1.83. The Bertz CT molecular complexity index is 791. The highest BCUT2D eigenvalue weighted by Gasteiger charge is 2.15. The van der Waals surface area contributed by atoms with E-state index in [0.29, 0.717) is 18.5 Å². The van der Waals surface area contributed by atoms with Crippen molar-refractivity contribution in [1.29, 1.82) is 0 Å². The van der Waals surface area contributed by atoms with Gasteiger partial charge in [0.25, 0.3) is 0 Å². The van der Waals surface area contributed by atoms with Gasteiger partial charge in [-0.1, -0.05) is 30.3 Å². The molecule has 0 spiro atoms. The lowest BCUT2D eigenvalue weighted by Gasteiger charge is -2.14. The van der Waals surface area contributed by atoms with Crippen molar-refractivity contribution >= 4 is 22.9 Å². The van der Waals surface area contributed by atoms with E-state index in [1.54, 1.807) is 0 Å². The number of benzene rings is 1. The number of imidazole rings is 1. The van der Waals surface area contributed by atoms with Gasteiger partial charge in [-0.05, 0) is 19.4 Å². The average Bonchev–Trinajstić information content (AvgIpc) is 2.97. The summed E-state index contributed by atoms with van der Waals surface area (Å²) in [6, 6.07) is 10.6. The Hall–Kier alpha value is -2.63. The van der Waals surface area contributed by atoms with Crippen molar-refractivity contribution in [2.24, 2.45) is 0 Å². The van der Waals surface area contributed by atoms with Gasteiger partial charge < -0.3 is 14.8 Å². The third-order valence-corrected chi connectivity index (χ3v) is 3.67. The molecule has 0 saturated heterocycles. The van der Waals surface area contributed by atoms with Crippen LogP contribution in [0.4, 0.5) is 11.8 Å². The molecule has 3 rings (SSSR count). The normalized spacial score (nSPS) is 11.2. The second-order valence-electron chi connectivity index (χ2n) is 6.02. The van der Waals surface area contributed by atoms with Gasteiger partial charge in [-0.3, -0.25) is 0 Å². The molecule has 0 aliphatic rings. The van der Waals surface area contributed by atoms with Gasteiger partial charge in [0.05, 0.1) is 6.33 Å². The summed E-state index contributed by atoms with van der Waals surface area (Å²) in [6.45, 7) is 4.94. The van der Waals surface area contributed by atoms with Crippen molar-refractivity contribution in [3.8, 4) is 0 Å². The van der Waals surface area contributed by atoms with Crippen molar-refractivity contribution in [2.45, 2.75) is 26.4 Å². The molecule has 0 bridgehead atoms. The Morgan fingerprint density at radius 2 is 1.87 bits per heavy atom. The molecule has 6 nitrogen and oxygen atoms in total. The molecule has 0 saturated carbocycles. The van der Waals surface area contributed by atoms with Gasteiger partial charge in [0.15, 0.2) is 17.0 Å². The lowest BCUT2D eigenvalue weighted by molar-refractivity contribution is 0.612. The summed E-state index contributed by atoms with van der Waals surface area (Å²) in [4.78, 5) is 15.7. The fourth-order valence-corrected chi connectivity index (χ4v) is 2.39. The number of nitrogens with zero attached hydrogens (tertiary/aromatic N) is 5. The van der Waals surface area contributed by atoms with Crippen LogP contribution in [-0.4, -0.2) is 33.6 Å². The molecule has 6 heteroatoms. The topological polar surface area (TPSA) is 58.9 Å². The maximum atomic E-state index is 4.65. The smallest absolute Gasteiger partial charge is 0.228 e. The molecule has 0 radical (unpaired) electrons. The molecule has 2 aromatic heterocycles. The third kappa shape index (κ3) is 3.11. The largest absolute Gasteiger partial charge is 0.364 e. The molecule has 1 N–H and O–H groups in total. The fraction of sp³-hybridized carbons (Fsp3) is 0.353. The molecular weight excluding hydrogens is 288 g/mol. The highest BCUT2D eigenvalue weighted by Crippen LogP contribution is 2.24. The van der Waals surface area contributed by atoms with Gasteiger partial charge in [-0.2, -0.15) is 9.97 Å². The van der Waals surface area contributed by atoms with E-state index in [4.69, 9.17) is 0 Å². The molecule has 1 aromatic carbocycles. The van der Waals surface area contributed by atoms with Crippen LogP contribution in [0.1, 0.15) is 25.5 Å². The second-order valence-corrected chi connectivity index (χ2v) is 6.02. The molecule has 3 aromatic rings. The quantitative estimate of drug-likeness (QED) is 0.785. The zero-order valence-electron chi connectivity index (χ0n) is 14.0. The molecule has 0 amide bonds. The predicted molar refractivity (Wildman–Crippen MR) is 93.8 cm³/mol. The van der Waals surface area contributed by atoms with E-state index in [1.165, 1.54) is 5.56 Å². The van der Waals surface area contributed by atoms with E-state index < -0.39 is 0 Å². The molecule has 23 heavy (non-hydrogen) atoms. The minimum Gasteiger partial charge on any atom is -0.364 e. The SMILES string of the molecule is CC(C)n1cnc2c(NCc3ccccc3)nc(N(C)C)nc21. The van der Waals surface area contributed by atoms with Gasteiger partial charge in [-0.15, -0.1) is 0 Å². The Morgan fingerprint density at radius 1 is 1.13 bits per heavy atom. The van der Waals surface area contributed by atoms with E-state index in [0.717, 1.165) is 17.0 Å². The van der Waals surface area contributed by atoms with Crippen molar-refractivity contribution in [1.82, 2.24) is 19.5 Å². The van der Waals surface area contributed by atoms with Crippen LogP contribution < -0.4 is 10.2 Å². The third-order valence-electron chi connectivity index (χ3n) is 3.67. The molecule has 0 unspecified atom stereocenters. The second kappa shape index (κ2) is 6.24. The molecule has 2 heterocycles. The molecular formula is C17H22N6. The van der Waals surface area contributed by atoms with E-state index in [2.05, 4.69) is 50.8 Å². The Labute approximate surface area is 136 Å². The van der Waals surface area contributed by atoms with Gasteiger partial charge in [-0.25, -0.2) is 4.98 Å². The summed E-state index contributed by atoms with van der Waals surface area (Å²) < 4.78 is 2.07. The maximum Gasteiger partial charge on any atom is 0.228 e. The van der Waals surface area contributed by atoms with Gasteiger partial charge in [0.2, 0.25) is 5.95 Å². The van der Waals surface area contributed by atoms with Crippen LogP contribution in [-0.2, 0) is 6.54 Å². The maximum absolute atomic E-state index is 4.65. The lowest BCUT2D eigenvalue weighted by Crippen LogP contribution is -2.15. The van der Waals surface area contributed by atoms with Crippen molar-refractivity contribution in [3.05, 3.63) is 42.2 Å². The van der Waals surface area contributed by atoms with Crippen LogP contribution in [0.5, 0.6) is 0 Å². The highest BCUT2D eigenvalue weighted by atomic mass is 15.3. The average molecular weight is 310 g/mol. The zero-order chi connectivity index (χ0) is 16.4. The summed E-state index contributed by atoms with van der Waals surface area (Å²) in [5.74, 6) is 1.44. The fourth-order valence-electron chi connectivity index (χ4n) is 2.39. The van der Waals surface area contributed by atoms with Crippen LogP contribution in [0.15, 0.2) is 36.7 Å². The van der Waals surface area contributed by atoms with Crippen molar-refractivity contribution in [2.75, 3.05) is 24.3 Å². The summed E-state index contributed by atoms with van der Waals surface area (Å²) in [5, 5.41) is 3.40. The Morgan fingerprint density at radius 3 is 2.52 bits per heavy atom. The van der Waals surface area contributed by atoms with Crippen molar-refractivity contribution in [3.63, 3.8) is 0 Å². The van der Waals surface area contributed by atoms with E-state index in [9.17, 15) is 0 Å². The number of hydrogen-bond donors (Lipinski definition) is 1. The predicted octanol–water partition coefficient (Wildman–Crippen LogP) is 3.09. The van der Waals surface area contributed by atoms with Crippen LogP contribution in [0.3, 0.4) is 0 Å². The highest BCUT2D eigenvalue weighted by molar-refractivity contribution is 5.84. The molecule has 0 atom stereocenters. The Balaban J connectivity index is 2.00. The number of rotatable bonds is 5. The first-order chi connectivity index (χ1) is 11.1. The first-order valence-electron chi connectivity index (χ1n) is 7.76. The number of nitrogens with one attached hydrogen (secondary N) is 1. The van der Waals surface area contributed by atoms with Gasteiger partial charge >= 0.3 is 0 Å². The van der Waals surface area contributed by atoms with Crippen LogP contribution in [0.25, 0.3) is 11.2 Å². The minimum atomic E-state index is 0.298. The number of fused-ring (bicyclic) bond motifs is 1. The molecule has 0 aliphatic heterocycles. The summed E-state index contributed by atoms with van der Waals surface area (Å²) in [5.41, 5.74) is 2.86. The monoisotopic (exact) mass is 310 g/mol. The number of anilines is 2. The summed E-state index contributed by atoms with van der Waals surface area (Å²) in [7, 11) is 3.89. The van der Waals surface area contributed by atoms with Crippen LogP contribution >= 0.6 is 0 Å². The number of aromatic nitrogens is 4. The van der Waals surface area contributed by atoms with Gasteiger partial charge in [0.1, 0.15) is 0 Å². The standard InChI is InChI=1S/C17H22N6/c1-12(2)23-11-19-14-15(18-10-13-8-6-5-7-9-13)20-17(22(3)4)21-16(14)23/h5-9,11-12H,10H2,1-4H3,(H,18,20,21). The van der Waals surface area contributed by atoms with Crippen LogP contribution in [0.2, 0.25) is 0 Å². The molecule has 120 valence electrons. The lowest BCUT2D eigenvalue weighted by atomic mass is 10.2. The van der Waals surface area contributed by atoms with E-state index in [1.807, 2.05) is 43.5 Å². The van der Waals surface area contributed by atoms with Gasteiger partial charge in [0, 0.05) is 26.7 Å². The molecule has 0 aliphatic carbocycles. The first kappa shape index (κ1) is 15.3. The summed E-state index contributed by atoms with van der Waals surface area (Å²) >= 11 is 0. The Kier molecular flexibility index (Phi) is 4.14. The molecule has 0 fully saturated rings. The first-order valence-corrected chi connectivity index (χ1v) is 7.76. The minimum absolute atomic E-state index is 0.298. The van der Waals surface area contributed by atoms with Crippen molar-refractivity contribution < 1.29 is 0 Å². The van der Waals surface area contributed by atoms with E-state index in [-0.39, 0.29) is 0 Å². The van der Waals surface area contributed by atoms with E-state index >= 15 is 0 Å².